The van der Waals surface area contributed by atoms with E-state index in [1.807, 2.05) is 0 Å². The minimum Gasteiger partial charge on any atom is -0.383 e. The minimum absolute atomic E-state index is 0.111. The summed E-state index contributed by atoms with van der Waals surface area (Å²) in [5.41, 5.74) is 0.657. The Morgan fingerprint density at radius 3 is 2.65 bits per heavy atom. The van der Waals surface area contributed by atoms with Crippen molar-refractivity contribution in [3.05, 3.63) is 76.1 Å². The molecule has 3 aromatic rings. The summed E-state index contributed by atoms with van der Waals surface area (Å²) in [5.74, 6) is -0.330. The van der Waals surface area contributed by atoms with E-state index < -0.39 is 5.82 Å². The van der Waals surface area contributed by atoms with Crippen LogP contribution in [0.15, 0.2) is 53.3 Å². The van der Waals surface area contributed by atoms with Crippen molar-refractivity contribution in [1.29, 1.82) is 0 Å². The molecule has 0 atom stereocenters. The van der Waals surface area contributed by atoms with Crippen LogP contribution in [0.4, 0.5) is 4.39 Å². The average Bonchev–Trinajstić information content (AvgIpc) is 2.65. The van der Waals surface area contributed by atoms with Gasteiger partial charge in [0.2, 0.25) is 0 Å². The number of amides is 1. The number of nitrogens with one attached hydrogen (secondary N) is 1. The number of carbonyl (C=O) groups excluding carboxylic acids is 1. The Hall–Kier alpha value is -3.06. The maximum Gasteiger partial charge on any atom is 0.258 e. The van der Waals surface area contributed by atoms with Gasteiger partial charge in [-0.15, -0.1) is 0 Å². The molecule has 1 aromatic heterocycles. The lowest BCUT2D eigenvalue weighted by Crippen LogP contribution is -2.34. The molecular weight excluding hydrogens is 337 g/mol. The van der Waals surface area contributed by atoms with Gasteiger partial charge in [-0.05, 0) is 36.4 Å². The first-order valence-corrected chi connectivity index (χ1v) is 8.10. The highest BCUT2D eigenvalue weighted by Crippen LogP contribution is 2.11. The van der Waals surface area contributed by atoms with E-state index in [4.69, 9.17) is 4.74 Å². The standard InChI is InChI=1S/C19H18FN3O3/c1-26-11-10-23(19(25)13-6-8-14(20)9-7-13)12-17-21-16-5-3-2-4-15(16)18(24)22-17/h2-9H,10-12H2,1H3,(H,21,22,24). The van der Waals surface area contributed by atoms with E-state index in [0.717, 1.165) is 0 Å². The number of aromatic amines is 1. The van der Waals surface area contributed by atoms with Gasteiger partial charge in [-0.25, -0.2) is 9.37 Å². The number of hydrogen-bond donors (Lipinski definition) is 1. The average molecular weight is 355 g/mol. The molecule has 1 heterocycles. The summed E-state index contributed by atoms with van der Waals surface area (Å²) < 4.78 is 18.2. The van der Waals surface area contributed by atoms with Crippen molar-refractivity contribution in [2.24, 2.45) is 0 Å². The highest BCUT2D eigenvalue weighted by atomic mass is 19.1. The Morgan fingerprint density at radius 1 is 1.19 bits per heavy atom. The smallest absolute Gasteiger partial charge is 0.258 e. The molecule has 0 saturated carbocycles. The first-order valence-electron chi connectivity index (χ1n) is 8.10. The number of methoxy groups -OCH3 is 1. The van der Waals surface area contributed by atoms with Gasteiger partial charge in [-0.3, -0.25) is 9.59 Å². The van der Waals surface area contributed by atoms with Gasteiger partial charge < -0.3 is 14.6 Å². The second-order valence-corrected chi connectivity index (χ2v) is 5.76. The zero-order valence-electron chi connectivity index (χ0n) is 14.2. The Kier molecular flexibility index (Phi) is 5.38. The molecule has 0 aliphatic carbocycles. The summed E-state index contributed by atoms with van der Waals surface area (Å²) in [6.45, 7) is 0.744. The summed E-state index contributed by atoms with van der Waals surface area (Å²) in [5, 5.41) is 0.490. The molecule has 1 amide bonds. The number of para-hydroxylation sites is 1. The monoisotopic (exact) mass is 355 g/mol. The lowest BCUT2D eigenvalue weighted by atomic mass is 10.2. The lowest BCUT2D eigenvalue weighted by molar-refractivity contribution is 0.0675. The van der Waals surface area contributed by atoms with Crippen molar-refractivity contribution < 1.29 is 13.9 Å². The van der Waals surface area contributed by atoms with Crippen LogP contribution in [0.3, 0.4) is 0 Å². The third-order valence-electron chi connectivity index (χ3n) is 3.95. The third kappa shape index (κ3) is 3.94. The number of hydrogen-bond acceptors (Lipinski definition) is 4. The van der Waals surface area contributed by atoms with Gasteiger partial charge >= 0.3 is 0 Å². The molecule has 7 heteroatoms. The van der Waals surface area contributed by atoms with Crippen LogP contribution in [0.2, 0.25) is 0 Å². The summed E-state index contributed by atoms with van der Waals surface area (Å²) in [6.07, 6.45) is 0. The number of ether oxygens (including phenoxy) is 1. The normalized spacial score (nSPS) is 10.8. The number of benzene rings is 2. The molecule has 26 heavy (non-hydrogen) atoms. The van der Waals surface area contributed by atoms with E-state index in [-0.39, 0.29) is 18.0 Å². The largest absolute Gasteiger partial charge is 0.383 e. The van der Waals surface area contributed by atoms with Crippen LogP contribution >= 0.6 is 0 Å². The summed E-state index contributed by atoms with van der Waals surface area (Å²) in [4.78, 5) is 33.6. The maximum atomic E-state index is 13.1. The molecule has 0 unspecified atom stereocenters. The van der Waals surface area contributed by atoms with Crippen LogP contribution in [0.25, 0.3) is 10.9 Å². The molecule has 2 aromatic carbocycles. The summed E-state index contributed by atoms with van der Waals surface area (Å²) >= 11 is 0. The van der Waals surface area contributed by atoms with Gasteiger partial charge in [0, 0.05) is 19.2 Å². The Bertz CT molecular complexity index is 970. The van der Waals surface area contributed by atoms with Crippen LogP contribution in [0, 0.1) is 5.82 Å². The van der Waals surface area contributed by atoms with Gasteiger partial charge in [0.1, 0.15) is 11.6 Å². The molecule has 0 radical (unpaired) electrons. The Balaban J connectivity index is 1.89. The van der Waals surface area contributed by atoms with E-state index in [9.17, 15) is 14.0 Å². The molecule has 0 aliphatic heterocycles. The summed E-state index contributed by atoms with van der Waals surface area (Å²) in [7, 11) is 1.54. The third-order valence-corrected chi connectivity index (χ3v) is 3.95. The zero-order valence-corrected chi connectivity index (χ0v) is 14.2. The Labute approximate surface area is 149 Å². The van der Waals surface area contributed by atoms with Gasteiger partial charge in [0.05, 0.1) is 24.1 Å². The molecule has 0 fully saturated rings. The van der Waals surface area contributed by atoms with Crippen LogP contribution in [-0.4, -0.2) is 41.0 Å². The van der Waals surface area contributed by atoms with Gasteiger partial charge in [0.15, 0.2) is 0 Å². The number of nitrogens with zero attached hydrogens (tertiary/aromatic N) is 2. The second kappa shape index (κ2) is 7.88. The number of aromatic nitrogens is 2. The van der Waals surface area contributed by atoms with E-state index in [1.165, 1.54) is 36.3 Å². The fourth-order valence-corrected chi connectivity index (χ4v) is 2.62. The van der Waals surface area contributed by atoms with Crippen molar-refractivity contribution in [2.75, 3.05) is 20.3 Å². The molecule has 0 aliphatic rings. The highest BCUT2D eigenvalue weighted by Gasteiger charge is 2.17. The minimum atomic E-state index is -0.412. The van der Waals surface area contributed by atoms with Crippen LogP contribution in [-0.2, 0) is 11.3 Å². The number of halogens is 1. The van der Waals surface area contributed by atoms with E-state index in [0.29, 0.717) is 35.4 Å². The molecule has 0 spiro atoms. The quantitative estimate of drug-likeness (QED) is 0.736. The second-order valence-electron chi connectivity index (χ2n) is 5.76. The summed E-state index contributed by atoms with van der Waals surface area (Å²) in [6, 6.07) is 12.3. The topological polar surface area (TPSA) is 75.3 Å². The molecule has 6 nitrogen and oxygen atoms in total. The van der Waals surface area contributed by atoms with Gasteiger partial charge in [0.25, 0.3) is 11.5 Å². The van der Waals surface area contributed by atoms with E-state index in [1.54, 1.807) is 24.3 Å². The van der Waals surface area contributed by atoms with Crippen molar-refractivity contribution in [3.8, 4) is 0 Å². The number of fused-ring (bicyclic) bond motifs is 1. The number of H-pyrrole nitrogens is 1. The van der Waals surface area contributed by atoms with Crippen LogP contribution in [0.5, 0.6) is 0 Å². The van der Waals surface area contributed by atoms with Gasteiger partial charge in [-0.1, -0.05) is 12.1 Å². The fourth-order valence-electron chi connectivity index (χ4n) is 2.62. The molecule has 3 rings (SSSR count). The lowest BCUT2D eigenvalue weighted by Gasteiger charge is -2.22. The first-order chi connectivity index (χ1) is 12.6. The van der Waals surface area contributed by atoms with Gasteiger partial charge in [-0.2, -0.15) is 0 Å². The molecular formula is C19H18FN3O3. The van der Waals surface area contributed by atoms with Crippen molar-refractivity contribution in [3.63, 3.8) is 0 Å². The molecule has 1 N–H and O–H groups in total. The first kappa shape index (κ1) is 17.8. The van der Waals surface area contributed by atoms with Crippen molar-refractivity contribution in [1.82, 2.24) is 14.9 Å². The maximum absolute atomic E-state index is 13.1. The SMILES string of the molecule is COCCN(Cc1nc2ccccc2c(=O)[nH]1)C(=O)c1ccc(F)cc1. The zero-order chi connectivity index (χ0) is 18.5. The fraction of sp³-hybridized carbons (Fsp3) is 0.211. The molecule has 0 saturated heterocycles. The van der Waals surface area contributed by atoms with Crippen molar-refractivity contribution >= 4 is 16.8 Å². The molecule has 134 valence electrons. The number of rotatable bonds is 6. The Morgan fingerprint density at radius 2 is 1.92 bits per heavy atom. The predicted molar refractivity (Wildman–Crippen MR) is 95.4 cm³/mol. The van der Waals surface area contributed by atoms with E-state index in [2.05, 4.69) is 9.97 Å². The highest BCUT2D eigenvalue weighted by molar-refractivity contribution is 5.94. The van der Waals surface area contributed by atoms with Crippen LogP contribution in [0.1, 0.15) is 16.2 Å². The van der Waals surface area contributed by atoms with Crippen molar-refractivity contribution in [2.45, 2.75) is 6.54 Å². The number of carbonyl (C=O) groups is 1. The van der Waals surface area contributed by atoms with Crippen LogP contribution < -0.4 is 5.56 Å². The molecule has 0 bridgehead atoms. The predicted octanol–water partition coefficient (Wildman–Crippen LogP) is 2.35. The van der Waals surface area contributed by atoms with E-state index >= 15 is 0 Å².